The maximum atomic E-state index is 13.1. The summed E-state index contributed by atoms with van der Waals surface area (Å²) in [4.78, 5) is 39.0. The summed E-state index contributed by atoms with van der Waals surface area (Å²) in [5.74, 6) is -0.729. The number of halogens is 3. The summed E-state index contributed by atoms with van der Waals surface area (Å²) in [5, 5.41) is 2.79. The van der Waals surface area contributed by atoms with Gasteiger partial charge in [-0.1, -0.05) is 51.8 Å². The van der Waals surface area contributed by atoms with Gasteiger partial charge in [-0.3, -0.25) is 14.9 Å². The van der Waals surface area contributed by atoms with Crippen molar-refractivity contribution in [3.8, 4) is 11.5 Å². The lowest BCUT2D eigenvalue weighted by molar-refractivity contribution is -0.122. The minimum Gasteiger partial charge on any atom is -0.493 e. The molecular weight excluding hydrogens is 604 g/mol. The lowest BCUT2D eigenvalue weighted by atomic mass is 10.1. The monoisotopic (exact) mass is 618 g/mol. The number of nitrogens with one attached hydrogen (secondary N) is 1. The van der Waals surface area contributed by atoms with Crippen molar-refractivity contribution in [2.45, 2.75) is 6.61 Å². The minimum atomic E-state index is -0.822. The van der Waals surface area contributed by atoms with Gasteiger partial charge >= 0.3 is 6.03 Å². The van der Waals surface area contributed by atoms with Crippen molar-refractivity contribution in [2.24, 2.45) is 0 Å². The fourth-order valence-corrected chi connectivity index (χ4v) is 4.55. The molecule has 1 fully saturated rings. The molecule has 0 unspecified atom stereocenters. The Morgan fingerprint density at radius 3 is 2.51 bits per heavy atom. The molecule has 3 aromatic carbocycles. The maximum Gasteiger partial charge on any atom is 0.335 e. The lowest BCUT2D eigenvalue weighted by Crippen LogP contribution is -2.54. The fraction of sp³-hybridized carbons (Fsp3) is 0.0800. The van der Waals surface area contributed by atoms with Crippen LogP contribution in [0, 0.1) is 0 Å². The first-order valence-electron chi connectivity index (χ1n) is 10.2. The second-order valence-electron chi connectivity index (χ2n) is 7.35. The van der Waals surface area contributed by atoms with Gasteiger partial charge in [0.2, 0.25) is 0 Å². The largest absolute Gasteiger partial charge is 0.493 e. The van der Waals surface area contributed by atoms with Crippen LogP contribution in [0.1, 0.15) is 11.1 Å². The van der Waals surface area contributed by atoms with Crippen LogP contribution < -0.4 is 19.7 Å². The first-order chi connectivity index (χ1) is 16.8. The normalized spacial score (nSPS) is 14.8. The first-order valence-corrected chi connectivity index (χ1v) is 12.2. The highest BCUT2D eigenvalue weighted by molar-refractivity contribution is 9.10. The van der Waals surface area contributed by atoms with Gasteiger partial charge in [-0.05, 0) is 64.0 Å². The third-order valence-electron chi connectivity index (χ3n) is 5.06. The molecule has 1 saturated heterocycles. The predicted molar refractivity (Wildman–Crippen MR) is 140 cm³/mol. The molecule has 1 N–H and O–H groups in total. The molecule has 4 rings (SSSR count). The summed E-state index contributed by atoms with van der Waals surface area (Å²) in [6.45, 7) is 0.208. The Morgan fingerprint density at radius 1 is 1.03 bits per heavy atom. The molecule has 0 bridgehead atoms. The van der Waals surface area contributed by atoms with Crippen LogP contribution in [0.25, 0.3) is 6.08 Å². The van der Waals surface area contributed by atoms with Crippen molar-refractivity contribution in [1.29, 1.82) is 0 Å². The Morgan fingerprint density at radius 2 is 1.80 bits per heavy atom. The second kappa shape index (κ2) is 10.6. The number of hydrogen-bond acceptors (Lipinski definition) is 5. The average molecular weight is 621 g/mol. The molecular formula is C25H17Br2ClN2O5. The van der Waals surface area contributed by atoms with E-state index < -0.39 is 17.8 Å². The molecule has 7 nitrogen and oxygen atoms in total. The maximum absolute atomic E-state index is 13.1. The second-order valence-corrected chi connectivity index (χ2v) is 9.53. The van der Waals surface area contributed by atoms with Gasteiger partial charge < -0.3 is 9.47 Å². The molecule has 0 saturated carbocycles. The number of hydrogen-bond donors (Lipinski definition) is 1. The molecule has 1 aliphatic rings. The summed E-state index contributed by atoms with van der Waals surface area (Å²) < 4.78 is 12.6. The predicted octanol–water partition coefficient (Wildman–Crippen LogP) is 6.12. The summed E-state index contributed by atoms with van der Waals surface area (Å²) >= 11 is 13.0. The Bertz CT molecular complexity index is 1380. The van der Waals surface area contributed by atoms with Crippen molar-refractivity contribution >= 4 is 73.1 Å². The highest BCUT2D eigenvalue weighted by atomic mass is 79.9. The van der Waals surface area contributed by atoms with Gasteiger partial charge in [-0.25, -0.2) is 9.69 Å². The fourth-order valence-electron chi connectivity index (χ4n) is 3.40. The number of imide groups is 2. The van der Waals surface area contributed by atoms with E-state index in [-0.39, 0.29) is 12.2 Å². The van der Waals surface area contributed by atoms with E-state index in [9.17, 15) is 14.4 Å². The topological polar surface area (TPSA) is 84.9 Å². The van der Waals surface area contributed by atoms with Crippen LogP contribution in [0.15, 0.2) is 75.2 Å². The third kappa shape index (κ3) is 5.42. The van der Waals surface area contributed by atoms with Crippen LogP contribution in [0.5, 0.6) is 11.5 Å². The summed E-state index contributed by atoms with van der Waals surface area (Å²) in [5.41, 5.74) is 1.41. The SMILES string of the molecule is COc1cc(/C=C2\C(=O)NC(=O)N(c3cccc(Br)c3)C2=O)cc(Br)c1OCc1ccccc1Cl. The zero-order valence-electron chi connectivity index (χ0n) is 18.2. The zero-order chi connectivity index (χ0) is 25.1. The van der Waals surface area contributed by atoms with Crippen molar-refractivity contribution in [1.82, 2.24) is 5.32 Å². The van der Waals surface area contributed by atoms with Crippen molar-refractivity contribution in [2.75, 3.05) is 12.0 Å². The minimum absolute atomic E-state index is 0.205. The van der Waals surface area contributed by atoms with Gasteiger partial charge in [-0.2, -0.15) is 0 Å². The summed E-state index contributed by atoms with van der Waals surface area (Å²) in [6.07, 6.45) is 1.39. The Kier molecular flexibility index (Phi) is 7.59. The molecule has 1 aliphatic heterocycles. The van der Waals surface area contributed by atoms with Gasteiger partial charge in [0.15, 0.2) is 11.5 Å². The van der Waals surface area contributed by atoms with Gasteiger partial charge in [0.1, 0.15) is 12.2 Å². The van der Waals surface area contributed by atoms with E-state index >= 15 is 0 Å². The molecule has 0 aromatic heterocycles. The van der Waals surface area contributed by atoms with Crippen LogP contribution in [-0.2, 0) is 16.2 Å². The molecule has 0 spiro atoms. The van der Waals surface area contributed by atoms with Crippen molar-refractivity contribution in [3.05, 3.63) is 91.3 Å². The number of carbonyl (C=O) groups is 3. The molecule has 1 heterocycles. The van der Waals surface area contributed by atoms with E-state index in [0.29, 0.717) is 36.7 Å². The number of rotatable bonds is 6. The molecule has 0 aliphatic carbocycles. The number of anilines is 1. The lowest BCUT2D eigenvalue weighted by Gasteiger charge is -2.26. The molecule has 10 heteroatoms. The number of ether oxygens (including phenoxy) is 2. The molecule has 35 heavy (non-hydrogen) atoms. The van der Waals surface area contributed by atoms with E-state index in [1.807, 2.05) is 18.2 Å². The molecule has 178 valence electrons. The van der Waals surface area contributed by atoms with Crippen molar-refractivity contribution < 1.29 is 23.9 Å². The smallest absolute Gasteiger partial charge is 0.335 e. The quantitative estimate of drug-likeness (QED) is 0.265. The van der Waals surface area contributed by atoms with E-state index in [1.54, 1.807) is 42.5 Å². The number of urea groups is 1. The van der Waals surface area contributed by atoms with E-state index in [0.717, 1.165) is 10.5 Å². The third-order valence-corrected chi connectivity index (χ3v) is 6.51. The van der Waals surface area contributed by atoms with Crippen LogP contribution in [0.2, 0.25) is 5.02 Å². The highest BCUT2D eigenvalue weighted by Gasteiger charge is 2.37. The molecule has 0 atom stereocenters. The summed E-state index contributed by atoms with van der Waals surface area (Å²) in [6, 6.07) is 16.5. The number of nitrogens with zero attached hydrogens (tertiary/aromatic N) is 1. The van der Waals surface area contributed by atoms with Gasteiger partial charge in [0.05, 0.1) is 17.3 Å². The number of barbiturate groups is 1. The molecule has 0 radical (unpaired) electrons. The van der Waals surface area contributed by atoms with Gasteiger partial charge in [0.25, 0.3) is 11.8 Å². The van der Waals surface area contributed by atoms with E-state index in [1.165, 1.54) is 13.2 Å². The number of amides is 4. The molecule has 4 amide bonds. The number of methoxy groups -OCH3 is 1. The van der Waals surface area contributed by atoms with Crippen LogP contribution in [0.4, 0.5) is 10.5 Å². The zero-order valence-corrected chi connectivity index (χ0v) is 22.1. The Labute approximate surface area is 222 Å². The van der Waals surface area contributed by atoms with Crippen molar-refractivity contribution in [3.63, 3.8) is 0 Å². The van der Waals surface area contributed by atoms with E-state index in [2.05, 4.69) is 37.2 Å². The highest BCUT2D eigenvalue weighted by Crippen LogP contribution is 2.38. The van der Waals surface area contributed by atoms with Crippen LogP contribution >= 0.6 is 43.5 Å². The number of carbonyl (C=O) groups excluding carboxylic acids is 3. The summed E-state index contributed by atoms with van der Waals surface area (Å²) in [7, 11) is 1.48. The number of benzene rings is 3. The average Bonchev–Trinajstić information content (AvgIpc) is 2.81. The molecule has 3 aromatic rings. The van der Waals surface area contributed by atoms with Gasteiger partial charge in [0, 0.05) is 15.1 Å². The van der Waals surface area contributed by atoms with E-state index in [4.69, 9.17) is 21.1 Å². The Hall–Kier alpha value is -3.14. The Balaban J connectivity index is 1.65. The van der Waals surface area contributed by atoms with Gasteiger partial charge in [-0.15, -0.1) is 0 Å². The van der Waals surface area contributed by atoms with Crippen LogP contribution in [0.3, 0.4) is 0 Å². The van der Waals surface area contributed by atoms with Crippen LogP contribution in [-0.4, -0.2) is 25.0 Å². The first kappa shape index (κ1) is 25.0. The standard InChI is InChI=1S/C25H17Br2ClN2O5/c1-34-21-11-14(10-19(27)22(21)35-13-15-5-2-3-8-20(15)28)9-18-23(31)29-25(33)30(24(18)32)17-7-4-6-16(26)12-17/h2-12H,13H2,1H3,(H,29,31,33)/b18-9+.